The molecule has 0 fully saturated rings. The minimum Gasteiger partial charge on any atom is -0.0619 e. The number of hydrogen-bond acceptors (Lipinski definition) is 0. The zero-order chi connectivity index (χ0) is 43.8. The summed E-state index contributed by atoms with van der Waals surface area (Å²) < 4.78 is 0. The van der Waals surface area contributed by atoms with Gasteiger partial charge in [0, 0.05) is 0 Å². The summed E-state index contributed by atoms with van der Waals surface area (Å²) >= 11 is 0. The second-order valence-electron chi connectivity index (χ2n) is 18.6. The topological polar surface area (TPSA) is 0 Å². The quantitative estimate of drug-likeness (QED) is 0.123. The van der Waals surface area contributed by atoms with Crippen LogP contribution in [0.4, 0.5) is 0 Å². The minimum atomic E-state index is -0.470. The van der Waals surface area contributed by atoms with Gasteiger partial charge in [0.25, 0.3) is 0 Å². The van der Waals surface area contributed by atoms with Crippen LogP contribution in [0.5, 0.6) is 0 Å². The minimum absolute atomic E-state index is 0.470. The van der Waals surface area contributed by atoms with Crippen molar-refractivity contribution in [3.05, 3.63) is 265 Å². The standard InChI is InChI=1S/C67H40/c1-2-16-44-37-48(34-31-41(44)15-1)64-55-25-9-7-23-53(55)63(54-24-8-10-26-56(54)64)43-32-29-42(30-33-43)47-35-36-57-58(38-47)49-19-5-6-22-52(49)65-59-39-45-17-3-4-18-46(45)40-62(59)67(66(57)65)60-27-13-11-20-50(60)51-21-12-14-28-61(51)67/h1-40H. The van der Waals surface area contributed by atoms with E-state index in [-0.39, 0.29) is 0 Å². The van der Waals surface area contributed by atoms with Crippen molar-refractivity contribution in [3.8, 4) is 55.6 Å². The fraction of sp³-hybridized carbons (Fsp3) is 0.0149. The van der Waals surface area contributed by atoms with Gasteiger partial charge in [0.1, 0.15) is 0 Å². The second-order valence-corrected chi connectivity index (χ2v) is 18.6. The zero-order valence-electron chi connectivity index (χ0n) is 36.6. The maximum absolute atomic E-state index is 2.50. The Hall–Kier alpha value is -8.58. The van der Waals surface area contributed by atoms with Gasteiger partial charge in [0.15, 0.2) is 0 Å². The first kappa shape index (κ1) is 36.7. The van der Waals surface area contributed by atoms with E-state index < -0.39 is 5.41 Å². The van der Waals surface area contributed by atoms with Crippen LogP contribution in [0.15, 0.2) is 243 Å². The van der Waals surface area contributed by atoms with Crippen LogP contribution >= 0.6 is 0 Å². The molecule has 0 N–H and O–H groups in total. The molecule has 67 heavy (non-hydrogen) atoms. The molecule has 0 bridgehead atoms. The van der Waals surface area contributed by atoms with Gasteiger partial charge >= 0.3 is 0 Å². The Morgan fingerprint density at radius 2 is 0.657 bits per heavy atom. The molecule has 0 nitrogen and oxygen atoms in total. The maximum atomic E-state index is 2.50. The van der Waals surface area contributed by atoms with Gasteiger partial charge in [-0.25, -0.2) is 0 Å². The van der Waals surface area contributed by atoms with E-state index in [1.165, 1.54) is 143 Å². The lowest BCUT2D eigenvalue weighted by molar-refractivity contribution is 0.803. The van der Waals surface area contributed by atoms with Crippen LogP contribution < -0.4 is 0 Å². The maximum Gasteiger partial charge on any atom is 0.0731 e. The van der Waals surface area contributed by atoms with Gasteiger partial charge in [-0.05, 0) is 167 Å². The first-order valence-electron chi connectivity index (χ1n) is 23.5. The molecular weight excluding hydrogens is 805 g/mol. The predicted molar refractivity (Wildman–Crippen MR) is 284 cm³/mol. The van der Waals surface area contributed by atoms with Crippen molar-refractivity contribution in [1.82, 2.24) is 0 Å². The van der Waals surface area contributed by atoms with Gasteiger partial charge in [-0.15, -0.1) is 0 Å². The summed E-state index contributed by atoms with van der Waals surface area (Å²) in [5.41, 5.74) is 17.8. The SMILES string of the molecule is c1ccc2c(c1)-c1ccccc1C21c2cc3ccccc3cc2-c2c1c1ccc(-c3ccc(-c4c5ccccc5c(-c5ccc6ccccc6c5)c5ccccc45)cc3)cc1c1ccccc21. The molecule has 0 aromatic heterocycles. The van der Waals surface area contributed by atoms with E-state index in [9.17, 15) is 0 Å². The first-order chi connectivity index (χ1) is 33.2. The highest BCUT2D eigenvalue weighted by Crippen LogP contribution is 2.66. The zero-order valence-corrected chi connectivity index (χ0v) is 36.6. The van der Waals surface area contributed by atoms with E-state index in [0.29, 0.717) is 0 Å². The molecule has 13 aromatic carbocycles. The van der Waals surface area contributed by atoms with Crippen molar-refractivity contribution in [2.45, 2.75) is 5.41 Å². The summed E-state index contributed by atoms with van der Waals surface area (Å²) in [5.74, 6) is 0. The van der Waals surface area contributed by atoms with Gasteiger partial charge in [-0.3, -0.25) is 0 Å². The van der Waals surface area contributed by atoms with Gasteiger partial charge < -0.3 is 0 Å². The summed E-state index contributed by atoms with van der Waals surface area (Å²) in [7, 11) is 0. The lowest BCUT2D eigenvalue weighted by atomic mass is 9.69. The molecule has 308 valence electrons. The van der Waals surface area contributed by atoms with Crippen molar-refractivity contribution in [2.24, 2.45) is 0 Å². The van der Waals surface area contributed by atoms with Gasteiger partial charge in [0.05, 0.1) is 5.41 Å². The summed E-state index contributed by atoms with van der Waals surface area (Å²) in [4.78, 5) is 0. The number of fused-ring (bicyclic) bond motifs is 19. The smallest absolute Gasteiger partial charge is 0.0619 e. The van der Waals surface area contributed by atoms with Gasteiger partial charge in [-0.1, -0.05) is 218 Å². The molecule has 0 unspecified atom stereocenters. The Morgan fingerprint density at radius 1 is 0.209 bits per heavy atom. The van der Waals surface area contributed by atoms with Crippen LogP contribution in [0.25, 0.3) is 120 Å². The van der Waals surface area contributed by atoms with Crippen molar-refractivity contribution >= 4 is 64.6 Å². The van der Waals surface area contributed by atoms with Crippen LogP contribution in [-0.4, -0.2) is 0 Å². The fourth-order valence-corrected chi connectivity index (χ4v) is 12.7. The fourth-order valence-electron chi connectivity index (χ4n) is 12.7. The average molecular weight is 845 g/mol. The molecule has 0 saturated carbocycles. The molecule has 2 aliphatic carbocycles. The summed E-state index contributed by atoms with van der Waals surface area (Å²) in [6.45, 7) is 0. The van der Waals surface area contributed by atoms with Gasteiger partial charge in [-0.2, -0.15) is 0 Å². The van der Waals surface area contributed by atoms with Crippen molar-refractivity contribution in [1.29, 1.82) is 0 Å². The highest BCUT2D eigenvalue weighted by Gasteiger charge is 2.53. The first-order valence-corrected chi connectivity index (χ1v) is 23.5. The second kappa shape index (κ2) is 13.7. The Morgan fingerprint density at radius 3 is 1.28 bits per heavy atom. The van der Waals surface area contributed by atoms with Crippen molar-refractivity contribution < 1.29 is 0 Å². The van der Waals surface area contributed by atoms with Crippen LogP contribution in [0.1, 0.15) is 22.3 Å². The van der Waals surface area contributed by atoms with Crippen LogP contribution in [0.2, 0.25) is 0 Å². The molecule has 13 aromatic rings. The molecular formula is C67H40. The molecule has 0 amide bonds. The summed E-state index contributed by atoms with van der Waals surface area (Å²) in [5, 5.41) is 15.3. The van der Waals surface area contributed by atoms with Crippen LogP contribution in [-0.2, 0) is 5.41 Å². The highest BCUT2D eigenvalue weighted by molar-refractivity contribution is 6.23. The number of hydrogen-bond donors (Lipinski definition) is 0. The van der Waals surface area contributed by atoms with E-state index in [0.717, 1.165) is 0 Å². The Kier molecular flexibility index (Phi) is 7.52. The van der Waals surface area contributed by atoms with Crippen LogP contribution in [0.3, 0.4) is 0 Å². The average Bonchev–Trinajstić information content (AvgIpc) is 3.86. The monoisotopic (exact) mass is 844 g/mol. The molecule has 1 spiro atoms. The van der Waals surface area contributed by atoms with E-state index in [4.69, 9.17) is 0 Å². The molecule has 15 rings (SSSR count). The van der Waals surface area contributed by atoms with E-state index in [1.807, 2.05) is 0 Å². The molecule has 0 aliphatic heterocycles. The highest BCUT2D eigenvalue weighted by atomic mass is 14.5. The van der Waals surface area contributed by atoms with Crippen LogP contribution in [0, 0.1) is 0 Å². The largest absolute Gasteiger partial charge is 0.0731 e. The molecule has 0 heterocycles. The Balaban J connectivity index is 0.938. The number of rotatable bonds is 3. The molecule has 2 aliphatic rings. The molecule has 0 heteroatoms. The number of benzene rings is 13. The van der Waals surface area contributed by atoms with E-state index >= 15 is 0 Å². The van der Waals surface area contributed by atoms with Gasteiger partial charge in [0.2, 0.25) is 0 Å². The normalized spacial score (nSPS) is 13.2. The lowest BCUT2D eigenvalue weighted by Crippen LogP contribution is -2.26. The summed E-state index contributed by atoms with van der Waals surface area (Å²) in [6, 6.07) is 91.4. The third-order valence-corrected chi connectivity index (χ3v) is 15.4. The summed E-state index contributed by atoms with van der Waals surface area (Å²) in [6.07, 6.45) is 0. The Labute approximate surface area is 388 Å². The Bertz CT molecular complexity index is 4160. The third kappa shape index (κ3) is 4.97. The van der Waals surface area contributed by atoms with Crippen molar-refractivity contribution in [3.63, 3.8) is 0 Å². The molecule has 0 saturated heterocycles. The van der Waals surface area contributed by atoms with E-state index in [2.05, 4.69) is 243 Å². The van der Waals surface area contributed by atoms with E-state index in [1.54, 1.807) is 0 Å². The molecule has 0 radical (unpaired) electrons. The molecule has 0 atom stereocenters. The predicted octanol–water partition coefficient (Wildman–Crippen LogP) is 18.0. The lowest BCUT2D eigenvalue weighted by Gasteiger charge is -2.32. The van der Waals surface area contributed by atoms with Crippen molar-refractivity contribution in [2.75, 3.05) is 0 Å². The third-order valence-electron chi connectivity index (χ3n) is 15.4.